The van der Waals surface area contributed by atoms with Crippen molar-refractivity contribution in [3.63, 3.8) is 0 Å². The number of para-hydroxylation sites is 1. The Bertz CT molecular complexity index is 1420. The van der Waals surface area contributed by atoms with E-state index in [2.05, 4.69) is 15.5 Å². The van der Waals surface area contributed by atoms with Crippen molar-refractivity contribution in [3.8, 4) is 0 Å². The molecule has 3 aromatic carbocycles. The van der Waals surface area contributed by atoms with Gasteiger partial charge in [0, 0.05) is 7.05 Å². The standard InChI is InChI=1S/C24H20FN5O/c1-29-23(31)19-9-5-6-10-20(19)30-21(27-28-24(29)30)15-26-22(16-7-3-2-4-8-16)17-11-13-18(25)14-12-17/h2-14,22,26H,15H2,1H3. The first-order valence-electron chi connectivity index (χ1n) is 9.99. The Balaban J connectivity index is 1.57. The highest BCUT2D eigenvalue weighted by Gasteiger charge is 2.18. The highest BCUT2D eigenvalue weighted by Crippen LogP contribution is 2.23. The van der Waals surface area contributed by atoms with Crippen molar-refractivity contribution in [1.29, 1.82) is 0 Å². The molecular weight excluding hydrogens is 393 g/mol. The first kappa shape index (κ1) is 19.1. The Morgan fingerprint density at radius 1 is 0.903 bits per heavy atom. The van der Waals surface area contributed by atoms with Crippen molar-refractivity contribution >= 4 is 16.7 Å². The first-order chi connectivity index (χ1) is 15.1. The van der Waals surface area contributed by atoms with Crippen LogP contribution in [0.2, 0.25) is 0 Å². The van der Waals surface area contributed by atoms with Crippen LogP contribution in [0.15, 0.2) is 83.7 Å². The summed E-state index contributed by atoms with van der Waals surface area (Å²) in [6.07, 6.45) is 0. The van der Waals surface area contributed by atoms with Gasteiger partial charge in [0.2, 0.25) is 5.78 Å². The van der Waals surface area contributed by atoms with Gasteiger partial charge in [-0.15, -0.1) is 10.2 Å². The fraction of sp³-hybridized carbons (Fsp3) is 0.125. The van der Waals surface area contributed by atoms with Crippen molar-refractivity contribution in [2.75, 3.05) is 0 Å². The third kappa shape index (κ3) is 3.39. The molecule has 154 valence electrons. The predicted molar refractivity (Wildman–Crippen MR) is 117 cm³/mol. The smallest absolute Gasteiger partial charge is 0.262 e. The summed E-state index contributed by atoms with van der Waals surface area (Å²) in [5.41, 5.74) is 2.66. The molecule has 0 spiro atoms. The molecular formula is C24H20FN5O. The number of fused-ring (bicyclic) bond motifs is 3. The van der Waals surface area contributed by atoms with E-state index in [1.807, 2.05) is 52.9 Å². The SMILES string of the molecule is Cn1c(=O)c2ccccc2n2c(CNC(c3ccccc3)c3ccc(F)cc3)nnc12. The van der Waals surface area contributed by atoms with E-state index in [1.165, 1.54) is 16.7 Å². The number of benzene rings is 3. The molecule has 0 bridgehead atoms. The van der Waals surface area contributed by atoms with Gasteiger partial charge in [-0.3, -0.25) is 19.1 Å². The maximum atomic E-state index is 13.5. The van der Waals surface area contributed by atoms with E-state index in [0.29, 0.717) is 23.5 Å². The number of nitrogens with zero attached hydrogens (tertiary/aromatic N) is 4. The fourth-order valence-corrected chi connectivity index (χ4v) is 3.93. The molecule has 0 aliphatic rings. The quantitative estimate of drug-likeness (QED) is 0.478. The van der Waals surface area contributed by atoms with Crippen LogP contribution >= 0.6 is 0 Å². The van der Waals surface area contributed by atoms with E-state index in [0.717, 1.165) is 16.6 Å². The molecule has 1 unspecified atom stereocenters. The zero-order valence-electron chi connectivity index (χ0n) is 16.9. The molecule has 0 amide bonds. The van der Waals surface area contributed by atoms with Gasteiger partial charge in [0.25, 0.3) is 5.56 Å². The minimum absolute atomic E-state index is 0.108. The number of nitrogens with one attached hydrogen (secondary N) is 1. The molecule has 6 nitrogen and oxygen atoms in total. The van der Waals surface area contributed by atoms with Crippen molar-refractivity contribution < 1.29 is 4.39 Å². The lowest BCUT2D eigenvalue weighted by Crippen LogP contribution is -2.24. The average molecular weight is 413 g/mol. The van der Waals surface area contributed by atoms with E-state index in [9.17, 15) is 9.18 Å². The summed E-state index contributed by atoms with van der Waals surface area (Å²) in [6, 6.07) is 23.7. The number of rotatable bonds is 5. The molecule has 5 rings (SSSR count). The Morgan fingerprint density at radius 2 is 1.58 bits per heavy atom. The van der Waals surface area contributed by atoms with Gasteiger partial charge >= 0.3 is 0 Å². The molecule has 2 heterocycles. The molecule has 0 aliphatic carbocycles. The van der Waals surface area contributed by atoms with Crippen LogP contribution in [0, 0.1) is 5.82 Å². The van der Waals surface area contributed by atoms with E-state index in [-0.39, 0.29) is 17.4 Å². The molecule has 2 aromatic heterocycles. The van der Waals surface area contributed by atoms with Gasteiger partial charge in [0.15, 0.2) is 5.82 Å². The van der Waals surface area contributed by atoms with Crippen LogP contribution < -0.4 is 10.9 Å². The molecule has 0 saturated heterocycles. The van der Waals surface area contributed by atoms with Gasteiger partial charge in [-0.25, -0.2) is 4.39 Å². The van der Waals surface area contributed by atoms with Crippen LogP contribution in [-0.4, -0.2) is 19.2 Å². The maximum absolute atomic E-state index is 13.5. The normalized spacial score (nSPS) is 12.5. The van der Waals surface area contributed by atoms with Crippen molar-refractivity contribution in [1.82, 2.24) is 24.5 Å². The second-order valence-electron chi connectivity index (χ2n) is 7.41. The van der Waals surface area contributed by atoms with Crippen LogP contribution in [0.5, 0.6) is 0 Å². The number of halogens is 1. The zero-order chi connectivity index (χ0) is 21.4. The largest absolute Gasteiger partial charge is 0.299 e. The summed E-state index contributed by atoms with van der Waals surface area (Å²) >= 11 is 0. The molecule has 0 fully saturated rings. The van der Waals surface area contributed by atoms with Crippen LogP contribution in [0.4, 0.5) is 4.39 Å². The Kier molecular flexibility index (Phi) is 4.80. The summed E-state index contributed by atoms with van der Waals surface area (Å²) in [6.45, 7) is 0.403. The third-order valence-corrected chi connectivity index (χ3v) is 5.49. The van der Waals surface area contributed by atoms with Gasteiger partial charge in [-0.2, -0.15) is 0 Å². The molecule has 5 aromatic rings. The molecule has 0 aliphatic heterocycles. The lowest BCUT2D eigenvalue weighted by Gasteiger charge is -2.19. The summed E-state index contributed by atoms with van der Waals surface area (Å²) in [5.74, 6) is 0.898. The van der Waals surface area contributed by atoms with Crippen LogP contribution in [0.3, 0.4) is 0 Å². The number of hydrogen-bond acceptors (Lipinski definition) is 4. The van der Waals surface area contributed by atoms with E-state index in [4.69, 9.17) is 0 Å². The summed E-state index contributed by atoms with van der Waals surface area (Å²) < 4.78 is 16.9. The topological polar surface area (TPSA) is 64.2 Å². The Hall–Kier alpha value is -3.84. The van der Waals surface area contributed by atoms with Gasteiger partial charge in [-0.05, 0) is 35.4 Å². The molecule has 0 radical (unpaired) electrons. The monoisotopic (exact) mass is 413 g/mol. The van der Waals surface area contributed by atoms with E-state index in [1.54, 1.807) is 25.2 Å². The molecule has 1 N–H and O–H groups in total. The molecule has 31 heavy (non-hydrogen) atoms. The van der Waals surface area contributed by atoms with Gasteiger partial charge in [0.1, 0.15) is 5.82 Å². The molecule has 0 saturated carbocycles. The van der Waals surface area contributed by atoms with Crippen LogP contribution in [0.1, 0.15) is 23.0 Å². The number of aryl methyl sites for hydroxylation is 1. The van der Waals surface area contributed by atoms with Crippen molar-refractivity contribution in [2.24, 2.45) is 7.05 Å². The lowest BCUT2D eigenvalue weighted by molar-refractivity contribution is 0.580. The van der Waals surface area contributed by atoms with Gasteiger partial charge < -0.3 is 0 Å². The summed E-state index contributed by atoms with van der Waals surface area (Å²) in [7, 11) is 1.70. The molecule has 7 heteroatoms. The minimum Gasteiger partial charge on any atom is -0.299 e. The number of hydrogen-bond donors (Lipinski definition) is 1. The minimum atomic E-state index is -0.272. The summed E-state index contributed by atoms with van der Waals surface area (Å²) in [5, 5.41) is 12.7. The van der Waals surface area contributed by atoms with E-state index < -0.39 is 0 Å². The van der Waals surface area contributed by atoms with Crippen molar-refractivity contribution in [3.05, 3.63) is 112 Å². The Morgan fingerprint density at radius 3 is 2.35 bits per heavy atom. The van der Waals surface area contributed by atoms with Gasteiger partial charge in [0.05, 0.1) is 23.5 Å². The zero-order valence-corrected chi connectivity index (χ0v) is 16.9. The van der Waals surface area contributed by atoms with Gasteiger partial charge in [-0.1, -0.05) is 54.6 Å². The van der Waals surface area contributed by atoms with E-state index >= 15 is 0 Å². The van der Waals surface area contributed by atoms with Crippen LogP contribution in [-0.2, 0) is 13.6 Å². The first-order valence-corrected chi connectivity index (χ1v) is 9.99. The third-order valence-electron chi connectivity index (χ3n) is 5.49. The summed E-state index contributed by atoms with van der Waals surface area (Å²) in [4.78, 5) is 12.7. The van der Waals surface area contributed by atoms with Crippen molar-refractivity contribution in [2.45, 2.75) is 12.6 Å². The Labute approximate surface area is 177 Å². The number of aromatic nitrogens is 4. The second kappa shape index (κ2) is 7.77. The maximum Gasteiger partial charge on any atom is 0.262 e. The second-order valence-corrected chi connectivity index (χ2v) is 7.41. The molecule has 1 atom stereocenters. The lowest BCUT2D eigenvalue weighted by atomic mass is 9.98. The average Bonchev–Trinajstić information content (AvgIpc) is 3.24. The highest BCUT2D eigenvalue weighted by molar-refractivity contribution is 5.80. The van der Waals surface area contributed by atoms with Crippen LogP contribution in [0.25, 0.3) is 16.7 Å². The highest BCUT2D eigenvalue weighted by atomic mass is 19.1. The fourth-order valence-electron chi connectivity index (χ4n) is 3.93. The predicted octanol–water partition coefficient (Wildman–Crippen LogP) is 3.60.